The van der Waals surface area contributed by atoms with Crippen LogP contribution in [-0.2, 0) is 11.3 Å². The summed E-state index contributed by atoms with van der Waals surface area (Å²) < 4.78 is 35.0. The second-order valence-electron chi connectivity index (χ2n) is 6.60. The van der Waals surface area contributed by atoms with Gasteiger partial charge in [-0.1, -0.05) is 12.1 Å². The molecule has 0 aliphatic carbocycles. The molecule has 4 N–H and O–H groups in total. The van der Waals surface area contributed by atoms with Crippen LogP contribution >= 0.6 is 22.6 Å². The number of nitrogens with one attached hydrogen (secondary N) is 2. The van der Waals surface area contributed by atoms with E-state index < -0.39 is 17.5 Å². The molecule has 0 saturated carbocycles. The number of benzene rings is 3. The Morgan fingerprint density at radius 3 is 2.52 bits per heavy atom. The van der Waals surface area contributed by atoms with E-state index in [9.17, 15) is 18.4 Å². The SMILES string of the molecule is CC(=O)NCc1cccc(Oc2cc(F)cc(Nc3ccc(I)cc3F)c2C(N)=O)c1. The first-order valence-corrected chi connectivity index (χ1v) is 10.2. The summed E-state index contributed by atoms with van der Waals surface area (Å²) in [6.07, 6.45) is 0. The van der Waals surface area contributed by atoms with E-state index in [0.29, 0.717) is 9.32 Å². The Hall–Kier alpha value is -3.21. The number of ether oxygens (including phenoxy) is 1. The number of amides is 2. The van der Waals surface area contributed by atoms with Crippen molar-refractivity contribution in [2.45, 2.75) is 13.5 Å². The second-order valence-corrected chi connectivity index (χ2v) is 7.84. The van der Waals surface area contributed by atoms with Crippen LogP contribution in [-0.4, -0.2) is 11.8 Å². The van der Waals surface area contributed by atoms with Gasteiger partial charge in [-0.2, -0.15) is 0 Å². The van der Waals surface area contributed by atoms with Crippen molar-refractivity contribution in [3.63, 3.8) is 0 Å². The van der Waals surface area contributed by atoms with Gasteiger partial charge in [0.1, 0.15) is 28.7 Å². The molecule has 3 aromatic rings. The molecular weight excluding hydrogens is 519 g/mol. The third kappa shape index (κ3) is 5.91. The molecule has 0 spiro atoms. The number of carbonyl (C=O) groups excluding carboxylic acids is 2. The Morgan fingerprint density at radius 2 is 1.84 bits per heavy atom. The molecule has 3 aromatic carbocycles. The molecule has 0 aromatic heterocycles. The monoisotopic (exact) mass is 537 g/mol. The van der Waals surface area contributed by atoms with Gasteiger partial charge in [0, 0.05) is 23.1 Å². The van der Waals surface area contributed by atoms with E-state index >= 15 is 0 Å². The van der Waals surface area contributed by atoms with Gasteiger partial charge in [-0.25, -0.2) is 8.78 Å². The number of hydrogen-bond donors (Lipinski definition) is 3. The molecule has 0 fully saturated rings. The number of primary amides is 1. The maximum atomic E-state index is 14.3. The largest absolute Gasteiger partial charge is 0.456 e. The lowest BCUT2D eigenvalue weighted by Gasteiger charge is -2.16. The summed E-state index contributed by atoms with van der Waals surface area (Å²) >= 11 is 1.96. The lowest BCUT2D eigenvalue weighted by molar-refractivity contribution is -0.119. The molecule has 9 heteroatoms. The minimum absolute atomic E-state index is 0.0305. The fourth-order valence-corrected chi connectivity index (χ4v) is 3.28. The Bertz CT molecular complexity index is 1150. The van der Waals surface area contributed by atoms with Crippen molar-refractivity contribution in [2.75, 3.05) is 5.32 Å². The van der Waals surface area contributed by atoms with Crippen LogP contribution in [0.1, 0.15) is 22.8 Å². The van der Waals surface area contributed by atoms with Gasteiger partial charge in [-0.3, -0.25) is 9.59 Å². The van der Waals surface area contributed by atoms with Crippen molar-refractivity contribution in [3.8, 4) is 11.5 Å². The van der Waals surface area contributed by atoms with Gasteiger partial charge in [0.05, 0.1) is 11.4 Å². The van der Waals surface area contributed by atoms with Crippen molar-refractivity contribution in [1.82, 2.24) is 5.32 Å². The maximum absolute atomic E-state index is 14.3. The molecule has 0 saturated heterocycles. The molecule has 31 heavy (non-hydrogen) atoms. The van der Waals surface area contributed by atoms with Gasteiger partial charge in [0.25, 0.3) is 5.91 Å². The van der Waals surface area contributed by atoms with Crippen LogP contribution < -0.4 is 21.1 Å². The van der Waals surface area contributed by atoms with Crippen LogP contribution in [0.4, 0.5) is 20.2 Å². The zero-order valence-corrected chi connectivity index (χ0v) is 18.5. The minimum atomic E-state index is -0.877. The van der Waals surface area contributed by atoms with Crippen LogP contribution in [0.25, 0.3) is 0 Å². The smallest absolute Gasteiger partial charge is 0.254 e. The topological polar surface area (TPSA) is 93.4 Å². The zero-order valence-electron chi connectivity index (χ0n) is 16.3. The highest BCUT2D eigenvalue weighted by Gasteiger charge is 2.19. The van der Waals surface area contributed by atoms with E-state index in [4.69, 9.17) is 10.5 Å². The Balaban J connectivity index is 1.96. The van der Waals surface area contributed by atoms with E-state index in [0.717, 1.165) is 17.7 Å². The lowest BCUT2D eigenvalue weighted by atomic mass is 10.1. The Labute approximate surface area is 190 Å². The van der Waals surface area contributed by atoms with Gasteiger partial charge < -0.3 is 21.1 Å². The molecule has 0 aliphatic heterocycles. The number of rotatable bonds is 7. The molecular formula is C22H18F2IN3O3. The molecule has 0 unspecified atom stereocenters. The molecule has 0 aliphatic rings. The van der Waals surface area contributed by atoms with E-state index in [2.05, 4.69) is 10.6 Å². The average molecular weight is 537 g/mol. The summed E-state index contributed by atoms with van der Waals surface area (Å²) in [5.41, 5.74) is 6.15. The standard InChI is InChI=1S/C22H18F2IN3O3/c1-12(29)27-11-13-3-2-4-16(7-13)31-20-9-14(23)8-19(21(20)22(26)30)28-18-6-5-15(25)10-17(18)24/h2-10,28H,11H2,1H3,(H2,26,30)(H,27,29). The second kappa shape index (κ2) is 9.73. The first-order chi connectivity index (χ1) is 14.7. The van der Waals surface area contributed by atoms with Crippen LogP contribution in [0.5, 0.6) is 11.5 Å². The van der Waals surface area contributed by atoms with E-state index in [1.807, 2.05) is 22.6 Å². The van der Waals surface area contributed by atoms with Gasteiger partial charge >= 0.3 is 0 Å². The van der Waals surface area contributed by atoms with Crippen molar-refractivity contribution in [2.24, 2.45) is 5.73 Å². The summed E-state index contributed by atoms with van der Waals surface area (Å²) in [4.78, 5) is 23.3. The molecule has 0 heterocycles. The predicted molar refractivity (Wildman–Crippen MR) is 121 cm³/mol. The third-order valence-electron chi connectivity index (χ3n) is 4.18. The number of anilines is 2. The van der Waals surface area contributed by atoms with Crippen LogP contribution in [0.15, 0.2) is 54.6 Å². The lowest BCUT2D eigenvalue weighted by Crippen LogP contribution is -2.18. The maximum Gasteiger partial charge on any atom is 0.254 e. The number of halogens is 3. The highest BCUT2D eigenvalue weighted by molar-refractivity contribution is 14.1. The van der Waals surface area contributed by atoms with Crippen LogP contribution in [0.3, 0.4) is 0 Å². The summed E-state index contributed by atoms with van der Waals surface area (Å²) in [6, 6.07) is 13.2. The third-order valence-corrected chi connectivity index (χ3v) is 4.85. The fraction of sp³-hybridized carbons (Fsp3) is 0.0909. The highest BCUT2D eigenvalue weighted by atomic mass is 127. The first-order valence-electron chi connectivity index (χ1n) is 9.09. The Morgan fingerprint density at radius 1 is 1.06 bits per heavy atom. The normalized spacial score (nSPS) is 10.5. The van der Waals surface area contributed by atoms with E-state index in [1.54, 1.807) is 30.3 Å². The molecule has 6 nitrogen and oxygen atoms in total. The molecule has 0 atom stereocenters. The Kier molecular flexibility index (Phi) is 7.06. The summed E-state index contributed by atoms with van der Waals surface area (Å²) in [5, 5.41) is 5.38. The van der Waals surface area contributed by atoms with Crippen molar-refractivity contribution in [3.05, 3.63) is 80.9 Å². The fourth-order valence-electron chi connectivity index (χ4n) is 2.82. The van der Waals surface area contributed by atoms with Crippen LogP contribution in [0, 0.1) is 15.2 Å². The highest BCUT2D eigenvalue weighted by Crippen LogP contribution is 2.34. The molecule has 3 rings (SSSR count). The molecule has 160 valence electrons. The van der Waals surface area contributed by atoms with E-state index in [1.165, 1.54) is 19.1 Å². The number of carbonyl (C=O) groups is 2. The predicted octanol–water partition coefficient (Wildman–Crippen LogP) is 4.84. The quantitative estimate of drug-likeness (QED) is 0.376. The molecule has 0 radical (unpaired) electrons. The number of hydrogen-bond acceptors (Lipinski definition) is 4. The van der Waals surface area contributed by atoms with Crippen molar-refractivity contribution in [1.29, 1.82) is 0 Å². The number of nitrogens with two attached hydrogens (primary N) is 1. The zero-order chi connectivity index (χ0) is 22.5. The van der Waals surface area contributed by atoms with Gasteiger partial charge in [0.15, 0.2) is 0 Å². The van der Waals surface area contributed by atoms with E-state index in [-0.39, 0.29) is 35.1 Å². The minimum Gasteiger partial charge on any atom is -0.456 e. The van der Waals surface area contributed by atoms with Gasteiger partial charge in [-0.15, -0.1) is 0 Å². The summed E-state index contributed by atoms with van der Waals surface area (Å²) in [7, 11) is 0. The summed E-state index contributed by atoms with van der Waals surface area (Å²) in [5.74, 6) is -2.16. The summed E-state index contributed by atoms with van der Waals surface area (Å²) in [6.45, 7) is 1.68. The molecule has 0 bridgehead atoms. The van der Waals surface area contributed by atoms with Crippen molar-refractivity contribution >= 4 is 45.8 Å². The average Bonchev–Trinajstić information content (AvgIpc) is 2.68. The van der Waals surface area contributed by atoms with Crippen molar-refractivity contribution < 1.29 is 23.1 Å². The molecule has 2 amide bonds. The van der Waals surface area contributed by atoms with Crippen LogP contribution in [0.2, 0.25) is 0 Å². The van der Waals surface area contributed by atoms with Gasteiger partial charge in [-0.05, 0) is 64.6 Å². The van der Waals surface area contributed by atoms with Gasteiger partial charge in [0.2, 0.25) is 5.91 Å². The first kappa shape index (κ1) is 22.5.